The number of amides is 1. The summed E-state index contributed by atoms with van der Waals surface area (Å²) in [4.78, 5) is 14.4. The standard InChI is InChI=1S/C15H22BrN3O2/c1-15(2,3)21-14(20)19-11-4-5-12(19)7-13(6-11)18-9-10(16)8-17-18/h8-9,11-13H,4-7H2,1-3H3/t11-,12-/m0/s1. The Hall–Kier alpha value is -1.04. The highest BCUT2D eigenvalue weighted by molar-refractivity contribution is 9.10. The quantitative estimate of drug-likeness (QED) is 0.770. The van der Waals surface area contributed by atoms with Crippen molar-refractivity contribution >= 4 is 22.0 Å². The molecule has 21 heavy (non-hydrogen) atoms. The second-order valence-electron chi connectivity index (χ2n) is 7.04. The fraction of sp³-hybridized carbons (Fsp3) is 0.733. The van der Waals surface area contributed by atoms with Crippen molar-refractivity contribution in [2.45, 2.75) is 70.2 Å². The van der Waals surface area contributed by atoms with Gasteiger partial charge in [-0.1, -0.05) is 0 Å². The van der Waals surface area contributed by atoms with Crippen LogP contribution in [0.2, 0.25) is 0 Å². The molecular formula is C15H22BrN3O2. The average Bonchev–Trinajstić information content (AvgIpc) is 2.89. The topological polar surface area (TPSA) is 47.4 Å². The maximum atomic E-state index is 12.4. The molecular weight excluding hydrogens is 334 g/mol. The average molecular weight is 356 g/mol. The Kier molecular flexibility index (Phi) is 3.76. The van der Waals surface area contributed by atoms with Crippen LogP contribution in [-0.2, 0) is 4.74 Å². The largest absolute Gasteiger partial charge is 0.444 e. The van der Waals surface area contributed by atoms with E-state index in [-0.39, 0.29) is 18.2 Å². The van der Waals surface area contributed by atoms with E-state index in [0.717, 1.165) is 30.2 Å². The number of hydrogen-bond donors (Lipinski definition) is 0. The number of halogens is 1. The third kappa shape index (κ3) is 3.10. The van der Waals surface area contributed by atoms with Crippen LogP contribution in [0.15, 0.2) is 16.9 Å². The molecule has 0 aromatic carbocycles. The van der Waals surface area contributed by atoms with Crippen molar-refractivity contribution < 1.29 is 9.53 Å². The zero-order valence-corrected chi connectivity index (χ0v) is 14.3. The molecule has 0 N–H and O–H groups in total. The number of carbonyl (C=O) groups is 1. The van der Waals surface area contributed by atoms with Crippen LogP contribution < -0.4 is 0 Å². The number of rotatable bonds is 1. The van der Waals surface area contributed by atoms with Crippen molar-refractivity contribution in [2.24, 2.45) is 0 Å². The highest BCUT2D eigenvalue weighted by atomic mass is 79.9. The van der Waals surface area contributed by atoms with E-state index in [9.17, 15) is 4.79 Å². The van der Waals surface area contributed by atoms with Gasteiger partial charge in [0.05, 0.1) is 16.7 Å². The Labute approximate surface area is 133 Å². The molecule has 2 aliphatic rings. The van der Waals surface area contributed by atoms with Gasteiger partial charge in [0.2, 0.25) is 0 Å². The Morgan fingerprint density at radius 1 is 1.29 bits per heavy atom. The van der Waals surface area contributed by atoms with E-state index >= 15 is 0 Å². The molecule has 2 fully saturated rings. The van der Waals surface area contributed by atoms with Gasteiger partial charge >= 0.3 is 6.09 Å². The summed E-state index contributed by atoms with van der Waals surface area (Å²) in [5, 5.41) is 4.40. The van der Waals surface area contributed by atoms with E-state index in [4.69, 9.17) is 4.74 Å². The number of ether oxygens (including phenoxy) is 1. The van der Waals surface area contributed by atoms with Gasteiger partial charge in [-0.25, -0.2) is 4.79 Å². The minimum atomic E-state index is -0.430. The molecule has 116 valence electrons. The summed E-state index contributed by atoms with van der Waals surface area (Å²) in [7, 11) is 0. The normalized spacial score (nSPS) is 28.8. The molecule has 0 spiro atoms. The molecule has 2 bridgehead atoms. The lowest BCUT2D eigenvalue weighted by Gasteiger charge is -2.39. The first kappa shape index (κ1) is 14.9. The zero-order chi connectivity index (χ0) is 15.2. The van der Waals surface area contributed by atoms with Gasteiger partial charge in [0, 0.05) is 18.3 Å². The zero-order valence-electron chi connectivity index (χ0n) is 12.8. The van der Waals surface area contributed by atoms with E-state index < -0.39 is 5.60 Å². The second kappa shape index (κ2) is 5.30. The lowest BCUT2D eigenvalue weighted by molar-refractivity contribution is 0.00232. The third-order valence-corrected chi connectivity index (χ3v) is 4.67. The van der Waals surface area contributed by atoms with Crippen molar-refractivity contribution in [3.8, 4) is 0 Å². The summed E-state index contributed by atoms with van der Waals surface area (Å²) in [6.45, 7) is 5.75. The van der Waals surface area contributed by atoms with Crippen molar-refractivity contribution in [2.75, 3.05) is 0 Å². The maximum Gasteiger partial charge on any atom is 0.410 e. The lowest BCUT2D eigenvalue weighted by atomic mass is 9.98. The van der Waals surface area contributed by atoms with Crippen LogP contribution >= 0.6 is 15.9 Å². The predicted molar refractivity (Wildman–Crippen MR) is 83.1 cm³/mol. The second-order valence-corrected chi connectivity index (χ2v) is 7.95. The number of carbonyl (C=O) groups excluding carboxylic acids is 1. The Morgan fingerprint density at radius 3 is 2.38 bits per heavy atom. The first-order valence-corrected chi connectivity index (χ1v) is 8.34. The molecule has 0 aliphatic carbocycles. The Bertz CT molecular complexity index is 523. The smallest absolute Gasteiger partial charge is 0.410 e. The molecule has 5 nitrogen and oxygen atoms in total. The van der Waals surface area contributed by atoms with Crippen LogP contribution in [0.25, 0.3) is 0 Å². The highest BCUT2D eigenvalue weighted by Crippen LogP contribution is 2.41. The van der Waals surface area contributed by atoms with E-state index in [2.05, 4.69) is 21.0 Å². The molecule has 2 aliphatic heterocycles. The molecule has 3 heterocycles. The van der Waals surface area contributed by atoms with Gasteiger partial charge in [-0.15, -0.1) is 0 Å². The number of piperidine rings is 1. The predicted octanol–water partition coefficient (Wildman–Crippen LogP) is 3.75. The molecule has 2 atom stereocenters. The van der Waals surface area contributed by atoms with E-state index in [1.54, 1.807) is 0 Å². The van der Waals surface area contributed by atoms with Crippen molar-refractivity contribution in [3.05, 3.63) is 16.9 Å². The Balaban J connectivity index is 1.71. The molecule has 3 rings (SSSR count). The van der Waals surface area contributed by atoms with Gasteiger partial charge in [0.1, 0.15) is 5.60 Å². The van der Waals surface area contributed by atoms with Crippen LogP contribution in [0.5, 0.6) is 0 Å². The minimum Gasteiger partial charge on any atom is -0.444 e. The van der Waals surface area contributed by atoms with Crippen molar-refractivity contribution in [1.82, 2.24) is 14.7 Å². The molecule has 0 saturated carbocycles. The molecule has 1 amide bonds. The number of aromatic nitrogens is 2. The summed E-state index contributed by atoms with van der Waals surface area (Å²) in [5.41, 5.74) is -0.430. The van der Waals surface area contributed by atoms with Gasteiger partial charge in [-0.3, -0.25) is 4.68 Å². The van der Waals surface area contributed by atoms with Crippen molar-refractivity contribution in [1.29, 1.82) is 0 Å². The van der Waals surface area contributed by atoms with Gasteiger partial charge in [-0.2, -0.15) is 5.10 Å². The summed E-state index contributed by atoms with van der Waals surface area (Å²) >= 11 is 3.44. The molecule has 2 saturated heterocycles. The maximum absolute atomic E-state index is 12.4. The summed E-state index contributed by atoms with van der Waals surface area (Å²) in [6, 6.07) is 0.950. The monoisotopic (exact) mass is 355 g/mol. The Morgan fingerprint density at radius 2 is 1.90 bits per heavy atom. The SMILES string of the molecule is CC(C)(C)OC(=O)N1[C@H]2CC[C@H]1CC(n1cc(Br)cn1)C2. The van der Waals surface area contributed by atoms with Crippen molar-refractivity contribution in [3.63, 3.8) is 0 Å². The fourth-order valence-electron chi connectivity index (χ4n) is 3.49. The van der Waals surface area contributed by atoms with Crippen LogP contribution in [0.4, 0.5) is 4.79 Å². The molecule has 0 radical (unpaired) electrons. The highest BCUT2D eigenvalue weighted by Gasteiger charge is 2.45. The first-order chi connectivity index (χ1) is 9.83. The minimum absolute atomic E-state index is 0.157. The van der Waals surface area contributed by atoms with E-state index in [1.165, 1.54) is 0 Å². The molecule has 0 unspecified atom stereocenters. The van der Waals surface area contributed by atoms with Crippen LogP contribution in [-0.4, -0.2) is 38.5 Å². The van der Waals surface area contributed by atoms with E-state index in [1.807, 2.05) is 42.7 Å². The van der Waals surface area contributed by atoms with Gasteiger partial charge in [0.15, 0.2) is 0 Å². The van der Waals surface area contributed by atoms with Crippen LogP contribution in [0.1, 0.15) is 52.5 Å². The van der Waals surface area contributed by atoms with Gasteiger partial charge < -0.3 is 9.64 Å². The third-order valence-electron chi connectivity index (χ3n) is 4.26. The van der Waals surface area contributed by atoms with Gasteiger partial charge in [0.25, 0.3) is 0 Å². The summed E-state index contributed by atoms with van der Waals surface area (Å²) in [5.74, 6) is 0. The molecule has 1 aromatic heterocycles. The lowest BCUT2D eigenvalue weighted by Crippen LogP contribution is -2.48. The van der Waals surface area contributed by atoms with Crippen LogP contribution in [0, 0.1) is 0 Å². The van der Waals surface area contributed by atoms with E-state index in [0.29, 0.717) is 6.04 Å². The summed E-state index contributed by atoms with van der Waals surface area (Å²) < 4.78 is 8.59. The fourth-order valence-corrected chi connectivity index (χ4v) is 3.79. The first-order valence-electron chi connectivity index (χ1n) is 7.54. The molecule has 6 heteroatoms. The number of fused-ring (bicyclic) bond motifs is 2. The number of nitrogens with zero attached hydrogens (tertiary/aromatic N) is 3. The van der Waals surface area contributed by atoms with Crippen LogP contribution in [0.3, 0.4) is 0 Å². The number of hydrogen-bond acceptors (Lipinski definition) is 3. The van der Waals surface area contributed by atoms with Gasteiger partial charge in [-0.05, 0) is 62.4 Å². The summed E-state index contributed by atoms with van der Waals surface area (Å²) in [6.07, 6.45) is 7.75. The molecule has 1 aromatic rings.